The molecule has 0 spiro atoms. The molecule has 0 radical (unpaired) electrons. The number of carbonyl (C=O) groups excluding carboxylic acids is 1. The van der Waals surface area contributed by atoms with Crippen molar-refractivity contribution in [2.45, 2.75) is 57.3 Å². The number of hydrogen-bond acceptors (Lipinski definition) is 5. The molecule has 7 nitrogen and oxygen atoms in total. The number of phenols is 1. The number of aromatic hydroxyl groups is 1. The molecule has 1 aromatic heterocycles. The second-order valence-electron chi connectivity index (χ2n) is 7.49. The van der Waals surface area contributed by atoms with E-state index in [1.54, 1.807) is 12.1 Å². The number of aromatic nitrogens is 2. The van der Waals surface area contributed by atoms with Crippen LogP contribution in [0.25, 0.3) is 10.9 Å². The highest BCUT2D eigenvalue weighted by molar-refractivity contribution is 6.05. The van der Waals surface area contributed by atoms with Crippen molar-refractivity contribution < 1.29 is 14.6 Å². The summed E-state index contributed by atoms with van der Waals surface area (Å²) >= 11 is 0. The van der Waals surface area contributed by atoms with E-state index in [0.29, 0.717) is 36.4 Å². The summed E-state index contributed by atoms with van der Waals surface area (Å²) in [5.41, 5.74) is 1.26. The van der Waals surface area contributed by atoms with Gasteiger partial charge in [-0.05, 0) is 44.4 Å². The second kappa shape index (κ2) is 6.89. The fraction of sp³-hybridized carbons (Fsp3) is 0.579. The van der Waals surface area contributed by atoms with Gasteiger partial charge < -0.3 is 20.5 Å². The van der Waals surface area contributed by atoms with Crippen LogP contribution < -0.4 is 10.6 Å². The molecule has 1 unspecified atom stereocenters. The number of fused-ring (bicyclic) bond motifs is 3. The Bertz CT molecular complexity index is 806. The maximum absolute atomic E-state index is 13.0. The third-order valence-electron chi connectivity index (χ3n) is 5.50. The summed E-state index contributed by atoms with van der Waals surface area (Å²) in [5, 5.41) is 21.9. The van der Waals surface area contributed by atoms with E-state index in [4.69, 9.17) is 4.74 Å². The maximum Gasteiger partial charge on any atom is 0.272 e. The topological polar surface area (TPSA) is 88.4 Å². The van der Waals surface area contributed by atoms with Gasteiger partial charge in [0.15, 0.2) is 5.69 Å². The van der Waals surface area contributed by atoms with Crippen molar-refractivity contribution in [3.63, 3.8) is 0 Å². The Hall–Kier alpha value is -2.12. The number of piperidine rings is 1. The Morgan fingerprint density at radius 2 is 2.15 bits per heavy atom. The molecule has 7 heteroatoms. The molecule has 3 atom stereocenters. The van der Waals surface area contributed by atoms with E-state index in [0.717, 1.165) is 24.8 Å². The van der Waals surface area contributed by atoms with Crippen LogP contribution in [-0.4, -0.2) is 52.1 Å². The molecular weight excluding hydrogens is 332 g/mol. The average molecular weight is 358 g/mol. The van der Waals surface area contributed by atoms with Crippen LogP contribution in [0.15, 0.2) is 18.2 Å². The molecule has 0 aliphatic carbocycles. The summed E-state index contributed by atoms with van der Waals surface area (Å²) < 4.78 is 7.45. The minimum absolute atomic E-state index is 0.115. The molecule has 3 N–H and O–H groups in total. The van der Waals surface area contributed by atoms with Crippen LogP contribution in [-0.2, 0) is 4.74 Å². The van der Waals surface area contributed by atoms with Crippen LogP contribution in [0.5, 0.6) is 5.75 Å². The minimum Gasteiger partial charge on any atom is -0.508 e. The minimum atomic E-state index is -0.173. The number of benzene rings is 1. The van der Waals surface area contributed by atoms with Crippen molar-refractivity contribution in [2.24, 2.45) is 0 Å². The smallest absolute Gasteiger partial charge is 0.272 e. The molecule has 4 rings (SSSR count). The number of nitrogens with one attached hydrogen (secondary N) is 2. The Morgan fingerprint density at radius 3 is 2.85 bits per heavy atom. The molecule has 1 aromatic carbocycles. The Morgan fingerprint density at radius 1 is 1.42 bits per heavy atom. The molecule has 2 saturated heterocycles. The molecule has 2 aliphatic rings. The SMILES string of the molecule is CCC(C)n1nc(C(=O)NC2C[C@H]3COC[C@H](C2)N3)c2cc(O)ccc21. The van der Waals surface area contributed by atoms with Gasteiger partial charge in [-0.25, -0.2) is 0 Å². The van der Waals surface area contributed by atoms with Gasteiger partial charge in [0.05, 0.1) is 18.7 Å². The molecule has 0 saturated carbocycles. The Balaban J connectivity index is 1.61. The Labute approximate surface area is 152 Å². The van der Waals surface area contributed by atoms with Crippen LogP contribution in [0, 0.1) is 0 Å². The first-order valence-electron chi connectivity index (χ1n) is 9.41. The zero-order chi connectivity index (χ0) is 18.3. The fourth-order valence-electron chi connectivity index (χ4n) is 4.01. The number of ether oxygens (including phenoxy) is 1. The number of phenolic OH excluding ortho intramolecular Hbond substituents is 1. The molecule has 140 valence electrons. The predicted octanol–water partition coefficient (Wildman–Crippen LogP) is 1.96. The normalized spacial score (nSPS) is 26.6. The van der Waals surface area contributed by atoms with Gasteiger partial charge >= 0.3 is 0 Å². The van der Waals surface area contributed by atoms with Crippen LogP contribution >= 0.6 is 0 Å². The average Bonchev–Trinajstić information content (AvgIpc) is 2.99. The van der Waals surface area contributed by atoms with E-state index in [2.05, 4.69) is 29.6 Å². The molecule has 2 aliphatic heterocycles. The summed E-state index contributed by atoms with van der Waals surface area (Å²) in [4.78, 5) is 13.0. The monoisotopic (exact) mass is 358 g/mol. The van der Waals surface area contributed by atoms with E-state index in [1.165, 1.54) is 0 Å². The maximum atomic E-state index is 13.0. The van der Waals surface area contributed by atoms with Gasteiger partial charge in [0.25, 0.3) is 5.91 Å². The van der Waals surface area contributed by atoms with Crippen molar-refractivity contribution in [1.82, 2.24) is 20.4 Å². The summed E-state index contributed by atoms with van der Waals surface area (Å²) in [7, 11) is 0. The van der Waals surface area contributed by atoms with E-state index in [1.807, 2.05) is 10.7 Å². The first-order chi connectivity index (χ1) is 12.5. The summed E-state index contributed by atoms with van der Waals surface area (Å²) in [5.74, 6) is -0.0302. The standard InChI is InChI=1S/C19H26N4O3/c1-3-11(2)23-17-5-4-15(24)8-16(17)18(22-23)19(25)21-12-6-13-9-26-10-14(7-12)20-13/h4-5,8,11-14,20,24H,3,6-7,9-10H2,1-2H3,(H,21,25)/t11?,13-,14-/m0/s1. The van der Waals surface area contributed by atoms with Gasteiger partial charge in [0.1, 0.15) is 5.75 Å². The van der Waals surface area contributed by atoms with Gasteiger partial charge in [0, 0.05) is 29.6 Å². The fourth-order valence-corrected chi connectivity index (χ4v) is 4.01. The van der Waals surface area contributed by atoms with Gasteiger partial charge in [-0.3, -0.25) is 9.48 Å². The molecule has 2 bridgehead atoms. The van der Waals surface area contributed by atoms with Gasteiger partial charge in [-0.1, -0.05) is 6.92 Å². The lowest BCUT2D eigenvalue weighted by Gasteiger charge is -2.40. The summed E-state index contributed by atoms with van der Waals surface area (Å²) in [6, 6.07) is 5.98. The Kier molecular flexibility index (Phi) is 4.58. The first-order valence-corrected chi connectivity index (χ1v) is 9.41. The largest absolute Gasteiger partial charge is 0.508 e. The van der Waals surface area contributed by atoms with E-state index >= 15 is 0 Å². The lowest BCUT2D eigenvalue weighted by molar-refractivity contribution is 0.0148. The highest BCUT2D eigenvalue weighted by Gasteiger charge is 2.33. The van der Waals surface area contributed by atoms with Crippen molar-refractivity contribution in [2.75, 3.05) is 13.2 Å². The van der Waals surface area contributed by atoms with Crippen molar-refractivity contribution >= 4 is 16.8 Å². The van der Waals surface area contributed by atoms with E-state index in [-0.39, 0.29) is 23.7 Å². The van der Waals surface area contributed by atoms with Crippen LogP contribution in [0.4, 0.5) is 0 Å². The predicted molar refractivity (Wildman–Crippen MR) is 98.4 cm³/mol. The van der Waals surface area contributed by atoms with E-state index < -0.39 is 0 Å². The van der Waals surface area contributed by atoms with Crippen LogP contribution in [0.3, 0.4) is 0 Å². The number of amides is 1. The van der Waals surface area contributed by atoms with Gasteiger partial charge in [0.2, 0.25) is 0 Å². The lowest BCUT2D eigenvalue weighted by atomic mass is 9.92. The van der Waals surface area contributed by atoms with Gasteiger partial charge in [-0.2, -0.15) is 5.10 Å². The molecule has 2 aromatic rings. The van der Waals surface area contributed by atoms with Crippen molar-refractivity contribution in [3.05, 3.63) is 23.9 Å². The number of rotatable bonds is 4. The number of nitrogens with zero attached hydrogens (tertiary/aromatic N) is 2. The molecule has 2 fully saturated rings. The summed E-state index contributed by atoms with van der Waals surface area (Å²) in [6.07, 6.45) is 2.63. The lowest BCUT2D eigenvalue weighted by Crippen LogP contribution is -2.58. The highest BCUT2D eigenvalue weighted by Crippen LogP contribution is 2.27. The zero-order valence-electron chi connectivity index (χ0n) is 15.2. The highest BCUT2D eigenvalue weighted by atomic mass is 16.5. The van der Waals surface area contributed by atoms with Crippen molar-refractivity contribution in [1.29, 1.82) is 0 Å². The summed E-state index contributed by atoms with van der Waals surface area (Å²) in [6.45, 7) is 5.56. The van der Waals surface area contributed by atoms with Crippen LogP contribution in [0.1, 0.15) is 49.6 Å². The molecule has 26 heavy (non-hydrogen) atoms. The second-order valence-corrected chi connectivity index (χ2v) is 7.49. The number of hydrogen-bond donors (Lipinski definition) is 3. The third-order valence-corrected chi connectivity index (χ3v) is 5.50. The number of morpholine rings is 1. The quantitative estimate of drug-likeness (QED) is 0.778. The number of carbonyl (C=O) groups is 1. The molecule has 1 amide bonds. The van der Waals surface area contributed by atoms with Crippen molar-refractivity contribution in [3.8, 4) is 5.75 Å². The molecule has 3 heterocycles. The van der Waals surface area contributed by atoms with Gasteiger partial charge in [-0.15, -0.1) is 0 Å². The first kappa shape index (κ1) is 17.3. The third kappa shape index (κ3) is 3.17. The van der Waals surface area contributed by atoms with E-state index in [9.17, 15) is 9.90 Å². The van der Waals surface area contributed by atoms with Crippen LogP contribution in [0.2, 0.25) is 0 Å². The zero-order valence-corrected chi connectivity index (χ0v) is 15.2. The molecular formula is C19H26N4O3.